The monoisotopic (exact) mass is 681 g/mol. The van der Waals surface area contributed by atoms with Crippen LogP contribution in [-0.4, -0.2) is 23.5 Å². The lowest BCUT2D eigenvalue weighted by atomic mass is 9.76. The van der Waals surface area contributed by atoms with Gasteiger partial charge in [0.2, 0.25) is 0 Å². The summed E-state index contributed by atoms with van der Waals surface area (Å²) >= 11 is 0. The number of hydrogen-bond acceptors (Lipinski definition) is 3. The molecule has 1 aliphatic heterocycles. The third-order valence-electron chi connectivity index (χ3n) is 11.6. The highest BCUT2D eigenvalue weighted by atomic mass is 16.5. The second-order valence-corrected chi connectivity index (χ2v) is 14.7. The smallest absolute Gasteiger partial charge is 0.145 e. The Morgan fingerprint density at radius 3 is 2.11 bits per heavy atom. The second kappa shape index (κ2) is 10.1. The fraction of sp³-hybridized carbons (Fsp3) is 0.0638. The van der Waals surface area contributed by atoms with Gasteiger partial charge in [0, 0.05) is 73.6 Å². The summed E-state index contributed by atoms with van der Waals surface area (Å²) < 4.78 is 13.6. The van der Waals surface area contributed by atoms with Gasteiger partial charge in [0.15, 0.2) is 0 Å². The zero-order chi connectivity index (χ0) is 35.0. The van der Waals surface area contributed by atoms with Gasteiger partial charge in [-0.05, 0) is 77.7 Å². The second-order valence-electron chi connectivity index (χ2n) is 14.7. The number of imidazole rings is 1. The van der Waals surface area contributed by atoms with Crippen molar-refractivity contribution in [2.75, 3.05) is 0 Å². The van der Waals surface area contributed by atoms with Crippen molar-refractivity contribution in [3.05, 3.63) is 163 Å². The van der Waals surface area contributed by atoms with Crippen LogP contribution in [0.4, 0.5) is 0 Å². The third kappa shape index (κ3) is 3.76. The average Bonchev–Trinajstić information content (AvgIpc) is 3.90. The highest BCUT2D eigenvalue weighted by molar-refractivity contribution is 6.19. The molecule has 0 amide bonds. The molecule has 0 saturated heterocycles. The van der Waals surface area contributed by atoms with Gasteiger partial charge >= 0.3 is 0 Å². The van der Waals surface area contributed by atoms with Crippen molar-refractivity contribution >= 4 is 70.9 Å². The molecule has 250 valence electrons. The molecule has 12 rings (SSSR count). The van der Waals surface area contributed by atoms with Crippen LogP contribution < -0.4 is 4.74 Å². The maximum Gasteiger partial charge on any atom is 0.145 e. The molecule has 0 saturated carbocycles. The summed E-state index contributed by atoms with van der Waals surface area (Å²) in [6.07, 6.45) is 5.84. The van der Waals surface area contributed by atoms with E-state index in [9.17, 15) is 0 Å². The molecule has 0 spiro atoms. The Labute approximate surface area is 303 Å². The maximum absolute atomic E-state index is 6.72. The molecule has 0 radical (unpaired) electrons. The molecule has 0 unspecified atom stereocenters. The molecule has 5 aromatic heterocycles. The van der Waals surface area contributed by atoms with Crippen LogP contribution in [0.2, 0.25) is 0 Å². The van der Waals surface area contributed by atoms with E-state index < -0.39 is 0 Å². The quantitative estimate of drug-likeness (QED) is 0.174. The topological polar surface area (TPSA) is 49.3 Å². The summed E-state index contributed by atoms with van der Waals surface area (Å²) in [5.74, 6) is 2.51. The highest BCUT2D eigenvalue weighted by Crippen LogP contribution is 2.47. The number of hydrogen-bond donors (Lipinski definition) is 0. The van der Waals surface area contributed by atoms with Crippen molar-refractivity contribution in [2.24, 2.45) is 0 Å². The van der Waals surface area contributed by atoms with Crippen molar-refractivity contribution in [2.45, 2.75) is 19.3 Å². The Morgan fingerprint density at radius 2 is 1.21 bits per heavy atom. The summed E-state index contributed by atoms with van der Waals surface area (Å²) in [4.78, 5) is 9.79. The standard InChI is InChI=1S/C47H31N5O/c1-47(2)38-14-8-13-34-33-20-18-30(25-42(33)52(44(34)38)46-39(47)15-9-21-48-46)53-29-17-19-31-35-27-43-36(26-41(35)50-23-22-49-45(50)37(31)24-29)32-12-6-7-16-40(32)51(43)28-10-4-3-5-11-28/h3-27H,1-2H3. The fourth-order valence-corrected chi connectivity index (χ4v) is 9.16. The van der Waals surface area contributed by atoms with Crippen LogP contribution >= 0.6 is 0 Å². The molecular formula is C47H31N5O. The molecule has 6 heteroatoms. The van der Waals surface area contributed by atoms with Crippen molar-refractivity contribution < 1.29 is 4.74 Å². The molecule has 0 aliphatic carbocycles. The van der Waals surface area contributed by atoms with E-state index in [0.29, 0.717) is 0 Å². The van der Waals surface area contributed by atoms with Gasteiger partial charge in [0.1, 0.15) is 23.0 Å². The lowest BCUT2D eigenvalue weighted by molar-refractivity contribution is 0.484. The lowest BCUT2D eigenvalue weighted by Gasteiger charge is -2.33. The Hall–Kier alpha value is -6.92. The predicted octanol–water partition coefficient (Wildman–Crippen LogP) is 11.7. The van der Waals surface area contributed by atoms with E-state index in [1.165, 1.54) is 49.2 Å². The fourth-order valence-electron chi connectivity index (χ4n) is 9.16. The van der Waals surface area contributed by atoms with E-state index in [1.807, 2.05) is 18.5 Å². The van der Waals surface area contributed by atoms with Crippen molar-refractivity contribution in [3.8, 4) is 23.0 Å². The molecule has 11 aromatic rings. The van der Waals surface area contributed by atoms with Crippen LogP contribution in [0, 0.1) is 0 Å². The van der Waals surface area contributed by atoms with Gasteiger partial charge in [-0.1, -0.05) is 74.5 Å². The first kappa shape index (κ1) is 28.7. The average molecular weight is 682 g/mol. The van der Waals surface area contributed by atoms with E-state index in [2.05, 4.69) is 161 Å². The lowest BCUT2D eigenvalue weighted by Crippen LogP contribution is -2.26. The number of pyridine rings is 2. The third-order valence-corrected chi connectivity index (χ3v) is 11.6. The van der Waals surface area contributed by atoms with Gasteiger partial charge < -0.3 is 9.30 Å². The number of ether oxygens (including phenoxy) is 1. The largest absolute Gasteiger partial charge is 0.457 e. The maximum atomic E-state index is 6.72. The number of rotatable bonds is 3. The summed E-state index contributed by atoms with van der Waals surface area (Å²) in [6, 6.07) is 47.7. The van der Waals surface area contributed by atoms with E-state index in [-0.39, 0.29) is 5.41 Å². The van der Waals surface area contributed by atoms with Gasteiger partial charge in [0.25, 0.3) is 0 Å². The van der Waals surface area contributed by atoms with Crippen LogP contribution in [0.1, 0.15) is 25.0 Å². The van der Waals surface area contributed by atoms with Gasteiger partial charge in [0.05, 0.1) is 27.6 Å². The minimum atomic E-state index is -0.163. The zero-order valence-corrected chi connectivity index (χ0v) is 29.1. The zero-order valence-electron chi connectivity index (χ0n) is 29.1. The summed E-state index contributed by atoms with van der Waals surface area (Å²) in [7, 11) is 0. The molecule has 53 heavy (non-hydrogen) atoms. The number of benzene rings is 6. The molecular weight excluding hydrogens is 651 g/mol. The molecule has 0 N–H and O–H groups in total. The Morgan fingerprint density at radius 1 is 0.491 bits per heavy atom. The number of aromatic nitrogens is 5. The van der Waals surface area contributed by atoms with Crippen LogP contribution in [0.25, 0.3) is 82.4 Å². The molecule has 6 nitrogen and oxygen atoms in total. The van der Waals surface area contributed by atoms with Gasteiger partial charge in [-0.3, -0.25) is 8.97 Å². The first-order valence-corrected chi connectivity index (χ1v) is 18.1. The summed E-state index contributed by atoms with van der Waals surface area (Å²) in [5, 5.41) is 8.19. The number of nitrogens with zero attached hydrogens (tertiary/aromatic N) is 5. The molecule has 0 bridgehead atoms. The highest BCUT2D eigenvalue weighted by Gasteiger charge is 2.35. The minimum Gasteiger partial charge on any atom is -0.457 e. The van der Waals surface area contributed by atoms with Crippen LogP contribution in [-0.2, 0) is 5.41 Å². The molecule has 0 fully saturated rings. The minimum absolute atomic E-state index is 0.163. The van der Waals surface area contributed by atoms with Gasteiger partial charge in [-0.15, -0.1) is 0 Å². The molecule has 6 aromatic carbocycles. The Kier molecular flexibility index (Phi) is 5.48. The van der Waals surface area contributed by atoms with Crippen LogP contribution in [0.15, 0.2) is 152 Å². The van der Waals surface area contributed by atoms with E-state index in [1.54, 1.807) is 0 Å². The van der Waals surface area contributed by atoms with Gasteiger partial charge in [-0.2, -0.15) is 0 Å². The van der Waals surface area contributed by atoms with E-state index in [0.717, 1.165) is 55.8 Å². The van der Waals surface area contributed by atoms with Crippen LogP contribution in [0.5, 0.6) is 11.5 Å². The SMILES string of the molecule is CC1(C)c2cccnc2-n2c3cc(Oc4ccc5c6cc7c(cc6n6ccnc6c5c4)c4ccccc4n7-c4ccccc4)ccc3c3cccc1c32. The molecule has 0 atom stereocenters. The Bertz CT molecular complexity index is 3350. The number of para-hydroxylation sites is 3. The van der Waals surface area contributed by atoms with Crippen molar-refractivity contribution in [3.63, 3.8) is 0 Å². The van der Waals surface area contributed by atoms with E-state index in [4.69, 9.17) is 14.7 Å². The Balaban J connectivity index is 1.05. The number of fused-ring (bicyclic) bond motifs is 14. The summed E-state index contributed by atoms with van der Waals surface area (Å²) in [5.41, 5.74) is 10.2. The summed E-state index contributed by atoms with van der Waals surface area (Å²) in [6.45, 7) is 4.59. The van der Waals surface area contributed by atoms with Crippen molar-refractivity contribution in [1.29, 1.82) is 0 Å². The van der Waals surface area contributed by atoms with Gasteiger partial charge in [-0.25, -0.2) is 9.97 Å². The van der Waals surface area contributed by atoms with E-state index >= 15 is 0 Å². The molecule has 1 aliphatic rings. The van der Waals surface area contributed by atoms with Crippen LogP contribution in [0.3, 0.4) is 0 Å². The predicted molar refractivity (Wildman–Crippen MR) is 215 cm³/mol. The first-order chi connectivity index (χ1) is 26.0. The molecule has 6 heterocycles. The first-order valence-electron chi connectivity index (χ1n) is 18.1. The normalized spacial score (nSPS) is 13.6. The van der Waals surface area contributed by atoms with Crippen molar-refractivity contribution in [1.82, 2.24) is 23.5 Å².